The van der Waals surface area contributed by atoms with E-state index in [2.05, 4.69) is 24.1 Å². The van der Waals surface area contributed by atoms with Crippen LogP contribution in [0.2, 0.25) is 0 Å². The minimum Gasteiger partial charge on any atom is -0.485 e. The second-order valence-corrected chi connectivity index (χ2v) is 5.84. The van der Waals surface area contributed by atoms with Crippen LogP contribution in [0, 0.1) is 5.82 Å². The summed E-state index contributed by atoms with van der Waals surface area (Å²) in [6, 6.07) is 5.19. The minimum atomic E-state index is -0.176. The first kappa shape index (κ1) is 13.8. The molecule has 2 heterocycles. The van der Waals surface area contributed by atoms with Crippen molar-refractivity contribution in [2.75, 3.05) is 26.2 Å². The second kappa shape index (κ2) is 5.34. The summed E-state index contributed by atoms with van der Waals surface area (Å²) in [6.07, 6.45) is 1.97. The maximum atomic E-state index is 13.6. The highest BCUT2D eigenvalue weighted by molar-refractivity contribution is 5.40. The molecule has 2 aliphatic rings. The van der Waals surface area contributed by atoms with E-state index in [1.165, 1.54) is 6.07 Å². The molecular formula is C16H23FN2O. The molecule has 1 spiro atoms. The molecular weight excluding hydrogens is 255 g/mol. The van der Waals surface area contributed by atoms with E-state index < -0.39 is 0 Å². The van der Waals surface area contributed by atoms with Gasteiger partial charge < -0.3 is 10.1 Å². The van der Waals surface area contributed by atoms with E-state index in [1.807, 2.05) is 0 Å². The SMILES string of the molecule is CCN(CC)C1CC2(CCNC2)Oc2ccc(F)cc21. The molecule has 110 valence electrons. The lowest BCUT2D eigenvalue weighted by Gasteiger charge is -2.43. The normalized spacial score (nSPS) is 28.7. The number of halogens is 1. The van der Waals surface area contributed by atoms with Crippen LogP contribution >= 0.6 is 0 Å². The number of rotatable bonds is 3. The van der Waals surface area contributed by atoms with Crippen LogP contribution in [0.25, 0.3) is 0 Å². The molecule has 3 nitrogen and oxygen atoms in total. The van der Waals surface area contributed by atoms with Gasteiger partial charge in [-0.2, -0.15) is 0 Å². The molecule has 2 aliphatic heterocycles. The molecule has 0 radical (unpaired) electrons. The van der Waals surface area contributed by atoms with Gasteiger partial charge in [-0.3, -0.25) is 4.90 Å². The van der Waals surface area contributed by atoms with E-state index in [-0.39, 0.29) is 17.5 Å². The molecule has 0 bridgehead atoms. The van der Waals surface area contributed by atoms with E-state index in [1.54, 1.807) is 12.1 Å². The molecule has 0 saturated carbocycles. The molecule has 1 aromatic rings. The molecule has 0 aliphatic carbocycles. The smallest absolute Gasteiger partial charge is 0.125 e. The van der Waals surface area contributed by atoms with E-state index in [4.69, 9.17) is 4.74 Å². The minimum absolute atomic E-state index is 0.113. The van der Waals surface area contributed by atoms with E-state index >= 15 is 0 Å². The molecule has 2 atom stereocenters. The zero-order valence-electron chi connectivity index (χ0n) is 12.3. The van der Waals surface area contributed by atoms with Gasteiger partial charge in [0, 0.05) is 31.0 Å². The van der Waals surface area contributed by atoms with Crippen LogP contribution < -0.4 is 10.1 Å². The first-order chi connectivity index (χ1) is 9.67. The van der Waals surface area contributed by atoms with Gasteiger partial charge in [-0.1, -0.05) is 13.8 Å². The van der Waals surface area contributed by atoms with Crippen LogP contribution in [0.4, 0.5) is 4.39 Å². The van der Waals surface area contributed by atoms with Crippen molar-refractivity contribution in [2.24, 2.45) is 0 Å². The Bertz CT molecular complexity index is 481. The fourth-order valence-electron chi connectivity index (χ4n) is 3.58. The van der Waals surface area contributed by atoms with Gasteiger partial charge in [0.1, 0.15) is 17.2 Å². The van der Waals surface area contributed by atoms with Gasteiger partial charge in [0.2, 0.25) is 0 Å². The van der Waals surface area contributed by atoms with Gasteiger partial charge in [0.05, 0.1) is 0 Å². The van der Waals surface area contributed by atoms with Crippen LogP contribution in [0.5, 0.6) is 5.75 Å². The summed E-state index contributed by atoms with van der Waals surface area (Å²) in [4.78, 5) is 2.40. The van der Waals surface area contributed by atoms with Crippen molar-refractivity contribution < 1.29 is 9.13 Å². The molecule has 0 amide bonds. The van der Waals surface area contributed by atoms with Crippen molar-refractivity contribution >= 4 is 0 Å². The number of ether oxygens (including phenoxy) is 1. The molecule has 3 rings (SSSR count). The Labute approximate surface area is 120 Å². The molecule has 2 unspecified atom stereocenters. The summed E-state index contributed by atoms with van der Waals surface area (Å²) in [6.45, 7) is 8.17. The maximum Gasteiger partial charge on any atom is 0.125 e. The average molecular weight is 278 g/mol. The summed E-state index contributed by atoms with van der Waals surface area (Å²) < 4.78 is 19.9. The zero-order valence-corrected chi connectivity index (χ0v) is 12.3. The van der Waals surface area contributed by atoms with Gasteiger partial charge in [-0.05, 0) is 37.8 Å². The van der Waals surface area contributed by atoms with Crippen molar-refractivity contribution in [1.29, 1.82) is 0 Å². The van der Waals surface area contributed by atoms with Crippen molar-refractivity contribution in [3.05, 3.63) is 29.6 Å². The number of fused-ring (bicyclic) bond motifs is 1. The van der Waals surface area contributed by atoms with Crippen LogP contribution in [-0.2, 0) is 0 Å². The number of benzene rings is 1. The first-order valence-corrected chi connectivity index (χ1v) is 7.60. The highest BCUT2D eigenvalue weighted by atomic mass is 19.1. The number of nitrogens with one attached hydrogen (secondary N) is 1. The van der Waals surface area contributed by atoms with Crippen LogP contribution in [0.15, 0.2) is 18.2 Å². The third kappa shape index (κ3) is 2.31. The predicted molar refractivity (Wildman–Crippen MR) is 77.5 cm³/mol. The van der Waals surface area contributed by atoms with E-state index in [0.29, 0.717) is 0 Å². The molecule has 1 fully saturated rings. The summed E-state index contributed by atoms with van der Waals surface area (Å²) in [7, 11) is 0. The Hall–Kier alpha value is -1.13. The standard InChI is InChI=1S/C16H23FN2O/c1-3-19(4-2)14-10-16(7-8-18-11-16)20-15-6-5-12(17)9-13(14)15/h5-6,9,14,18H,3-4,7-8,10-11H2,1-2H3. The fraction of sp³-hybridized carbons (Fsp3) is 0.625. The molecule has 20 heavy (non-hydrogen) atoms. The Morgan fingerprint density at radius 1 is 1.40 bits per heavy atom. The highest BCUT2D eigenvalue weighted by Gasteiger charge is 2.44. The lowest BCUT2D eigenvalue weighted by Crippen LogP contribution is -2.46. The van der Waals surface area contributed by atoms with Gasteiger partial charge in [0.15, 0.2) is 0 Å². The Kier molecular flexibility index (Phi) is 3.69. The first-order valence-electron chi connectivity index (χ1n) is 7.60. The third-order valence-electron chi connectivity index (χ3n) is 4.68. The van der Waals surface area contributed by atoms with Crippen LogP contribution in [0.3, 0.4) is 0 Å². The Morgan fingerprint density at radius 3 is 2.85 bits per heavy atom. The number of hydrogen-bond acceptors (Lipinski definition) is 3. The summed E-state index contributed by atoms with van der Waals surface area (Å²) in [5.74, 6) is 0.684. The van der Waals surface area contributed by atoms with Crippen molar-refractivity contribution in [2.45, 2.75) is 38.3 Å². The van der Waals surface area contributed by atoms with Crippen molar-refractivity contribution in [1.82, 2.24) is 10.2 Å². The average Bonchev–Trinajstić information content (AvgIpc) is 2.89. The number of nitrogens with zero attached hydrogens (tertiary/aromatic N) is 1. The van der Waals surface area contributed by atoms with Gasteiger partial charge in [0.25, 0.3) is 0 Å². The molecule has 0 aromatic heterocycles. The topological polar surface area (TPSA) is 24.5 Å². The fourth-order valence-corrected chi connectivity index (χ4v) is 3.58. The predicted octanol–water partition coefficient (Wildman–Crippen LogP) is 2.72. The highest BCUT2D eigenvalue weighted by Crippen LogP contribution is 2.44. The van der Waals surface area contributed by atoms with Crippen molar-refractivity contribution in [3.8, 4) is 5.75 Å². The molecule has 1 aromatic carbocycles. The monoisotopic (exact) mass is 278 g/mol. The van der Waals surface area contributed by atoms with Crippen LogP contribution in [0.1, 0.15) is 38.3 Å². The quantitative estimate of drug-likeness (QED) is 0.920. The number of hydrogen-bond donors (Lipinski definition) is 1. The second-order valence-electron chi connectivity index (χ2n) is 5.84. The summed E-state index contributed by atoms with van der Waals surface area (Å²) in [5, 5.41) is 3.40. The summed E-state index contributed by atoms with van der Waals surface area (Å²) in [5.41, 5.74) is 0.893. The van der Waals surface area contributed by atoms with Crippen molar-refractivity contribution in [3.63, 3.8) is 0 Å². The van der Waals surface area contributed by atoms with E-state index in [9.17, 15) is 4.39 Å². The molecule has 1 saturated heterocycles. The lowest BCUT2D eigenvalue weighted by atomic mass is 9.85. The maximum absolute atomic E-state index is 13.6. The molecule has 1 N–H and O–H groups in total. The zero-order chi connectivity index (χ0) is 14.2. The summed E-state index contributed by atoms with van der Waals surface area (Å²) >= 11 is 0. The Balaban J connectivity index is 2.01. The van der Waals surface area contributed by atoms with Crippen LogP contribution in [-0.4, -0.2) is 36.7 Å². The van der Waals surface area contributed by atoms with Gasteiger partial charge in [-0.15, -0.1) is 0 Å². The molecule has 4 heteroatoms. The van der Waals surface area contributed by atoms with Gasteiger partial charge >= 0.3 is 0 Å². The van der Waals surface area contributed by atoms with Gasteiger partial charge in [-0.25, -0.2) is 4.39 Å². The third-order valence-corrected chi connectivity index (χ3v) is 4.68. The van der Waals surface area contributed by atoms with E-state index in [0.717, 1.165) is 50.3 Å². The lowest BCUT2D eigenvalue weighted by molar-refractivity contribution is 0.0191. The Morgan fingerprint density at radius 2 is 2.20 bits per heavy atom. The largest absolute Gasteiger partial charge is 0.485 e.